The Balaban J connectivity index is 2.20. The van der Waals surface area contributed by atoms with Crippen molar-refractivity contribution in [2.24, 2.45) is 0 Å². The molecule has 0 unspecified atom stereocenters. The minimum absolute atomic E-state index is 0.0360. The minimum Gasteiger partial charge on any atom is -0.497 e. The smallest absolute Gasteiger partial charge is 0.340 e. The number of pyridine rings is 1. The number of esters is 5. The average molecular weight is 721 g/mol. The van der Waals surface area contributed by atoms with Gasteiger partial charge in [0.1, 0.15) is 29.2 Å². The molecule has 5 atom stereocenters. The predicted molar refractivity (Wildman–Crippen MR) is 181 cm³/mol. The first-order chi connectivity index (χ1) is 24.3. The molecule has 0 amide bonds. The number of hydrogen-bond acceptors (Lipinski definition) is 14. The Morgan fingerprint density at radius 2 is 1.39 bits per heavy atom. The van der Waals surface area contributed by atoms with E-state index in [9.17, 15) is 29.2 Å². The van der Waals surface area contributed by atoms with E-state index in [1.54, 1.807) is 61.5 Å². The fraction of sp³-hybridized carbons (Fsp3) is 0.361. The third-order valence-electron chi connectivity index (χ3n) is 7.65. The lowest BCUT2D eigenvalue weighted by Crippen LogP contribution is -2.60. The van der Waals surface area contributed by atoms with Crippen molar-refractivity contribution in [1.82, 2.24) is 4.57 Å². The van der Waals surface area contributed by atoms with Gasteiger partial charge in [-0.25, -0.2) is 4.79 Å². The molecule has 0 saturated carbocycles. The third kappa shape index (κ3) is 8.59. The highest BCUT2D eigenvalue weighted by Gasteiger charge is 2.53. The van der Waals surface area contributed by atoms with Gasteiger partial charge in [0.05, 0.1) is 30.5 Å². The number of carbonyl (C=O) groups excluding carboxylic acids is 5. The van der Waals surface area contributed by atoms with E-state index in [1.807, 2.05) is 0 Å². The Morgan fingerprint density at radius 3 is 1.92 bits per heavy atom. The summed E-state index contributed by atoms with van der Waals surface area (Å²) in [6.45, 7) is 5.52. The molecule has 0 aliphatic carbocycles. The number of nitriles is 1. The monoisotopic (exact) mass is 720 g/mol. The Bertz CT molecular complexity index is 1900. The summed E-state index contributed by atoms with van der Waals surface area (Å²) in [6, 6.07) is 17.2. The highest BCUT2D eigenvalue weighted by Crippen LogP contribution is 2.43. The number of aromatic nitrogens is 1. The molecule has 4 rings (SSSR count). The SMILES string of the molecule is CCOC(=O)c1c(-c2ccc(OC)cc2)c(C#N)c(=S)n([C@H]2O[C@@H](COC(C)=O)[C@@H](OC(C)=O)[C@@H](OC(C)=O)[C@H]2OC(C)=O)c1-c1ccccc1. The molecule has 15 heteroatoms. The lowest BCUT2D eigenvalue weighted by atomic mass is 9.90. The summed E-state index contributed by atoms with van der Waals surface area (Å²) in [7, 11) is 1.49. The summed E-state index contributed by atoms with van der Waals surface area (Å²) >= 11 is 6.01. The van der Waals surface area contributed by atoms with Crippen LogP contribution in [0.25, 0.3) is 22.4 Å². The highest BCUT2D eigenvalue weighted by atomic mass is 32.1. The number of carbonyl (C=O) groups is 5. The van der Waals surface area contributed by atoms with Gasteiger partial charge in [-0.15, -0.1) is 0 Å². The molecule has 0 radical (unpaired) electrons. The number of rotatable bonds is 11. The van der Waals surface area contributed by atoms with Gasteiger partial charge in [-0.3, -0.25) is 23.7 Å². The van der Waals surface area contributed by atoms with Crippen LogP contribution in [0.4, 0.5) is 0 Å². The molecule has 0 bridgehead atoms. The second kappa shape index (κ2) is 16.9. The maximum absolute atomic E-state index is 14.1. The Kier molecular flexibility index (Phi) is 12.6. The summed E-state index contributed by atoms with van der Waals surface area (Å²) in [6.07, 6.45) is -7.55. The van der Waals surface area contributed by atoms with Crippen molar-refractivity contribution >= 4 is 42.1 Å². The lowest BCUT2D eigenvalue weighted by molar-refractivity contribution is -0.268. The zero-order chi connectivity index (χ0) is 37.4. The van der Waals surface area contributed by atoms with E-state index in [2.05, 4.69) is 6.07 Å². The quantitative estimate of drug-likeness (QED) is 0.149. The molecular weight excluding hydrogens is 684 g/mol. The van der Waals surface area contributed by atoms with Crippen molar-refractivity contribution in [2.45, 2.75) is 65.3 Å². The fourth-order valence-electron chi connectivity index (χ4n) is 5.78. The molecule has 3 aromatic rings. The van der Waals surface area contributed by atoms with Crippen LogP contribution in [0.1, 0.15) is 56.8 Å². The summed E-state index contributed by atoms with van der Waals surface area (Å²) in [5.41, 5.74) is 0.817. The maximum Gasteiger partial charge on any atom is 0.340 e. The van der Waals surface area contributed by atoms with E-state index in [4.69, 9.17) is 45.4 Å². The first-order valence-corrected chi connectivity index (χ1v) is 16.1. The van der Waals surface area contributed by atoms with Crippen LogP contribution in [0.3, 0.4) is 0 Å². The second-order valence-corrected chi connectivity index (χ2v) is 11.6. The molecule has 1 saturated heterocycles. The standard InChI is InChI=1S/C36H36N2O12S/c1-7-45-36(43)29-28(23-13-15-25(44-6)16-14-23)26(17-37)35(51)38(30(29)24-11-9-8-10-12-24)34-33(49-22(5)42)32(48-21(4)41)31(47-20(3)40)27(50-34)18-46-19(2)39/h8-16,27,31-34H,7,18H2,1-6H3/t27-,31+,32+,33+,34-/m0/s1. The van der Waals surface area contributed by atoms with Crippen LogP contribution in [0, 0.1) is 16.0 Å². The first kappa shape index (κ1) is 38.2. The maximum atomic E-state index is 14.1. The second-order valence-electron chi connectivity index (χ2n) is 11.2. The zero-order valence-corrected chi connectivity index (χ0v) is 29.5. The van der Waals surface area contributed by atoms with E-state index >= 15 is 0 Å². The Hall–Kier alpha value is -5.59. The molecular formula is C36H36N2O12S. The Morgan fingerprint density at radius 1 is 0.804 bits per heavy atom. The summed E-state index contributed by atoms with van der Waals surface area (Å²) < 4.78 is 40.7. The molecule has 1 aliphatic heterocycles. The van der Waals surface area contributed by atoms with Crippen molar-refractivity contribution in [3.05, 3.63) is 70.4 Å². The molecule has 268 valence electrons. The van der Waals surface area contributed by atoms with E-state index < -0.39 is 67.1 Å². The lowest BCUT2D eigenvalue weighted by Gasteiger charge is -2.45. The van der Waals surface area contributed by atoms with Crippen LogP contribution in [-0.2, 0) is 47.6 Å². The summed E-state index contributed by atoms with van der Waals surface area (Å²) in [5.74, 6) is -3.51. The zero-order valence-electron chi connectivity index (χ0n) is 28.7. The van der Waals surface area contributed by atoms with Crippen molar-refractivity contribution < 1.29 is 57.1 Å². The van der Waals surface area contributed by atoms with Crippen LogP contribution in [0.15, 0.2) is 54.6 Å². The molecule has 1 aliphatic rings. The van der Waals surface area contributed by atoms with Gasteiger partial charge in [-0.05, 0) is 30.2 Å². The van der Waals surface area contributed by atoms with Gasteiger partial charge in [0.15, 0.2) is 24.5 Å². The normalized spacial score (nSPS) is 19.5. The van der Waals surface area contributed by atoms with Crippen molar-refractivity contribution in [3.63, 3.8) is 0 Å². The molecule has 1 aromatic heterocycles. The van der Waals surface area contributed by atoms with Crippen molar-refractivity contribution in [1.29, 1.82) is 5.26 Å². The first-order valence-electron chi connectivity index (χ1n) is 15.7. The van der Waals surface area contributed by atoms with E-state index in [1.165, 1.54) is 11.7 Å². The number of hydrogen-bond donors (Lipinski definition) is 0. The van der Waals surface area contributed by atoms with Gasteiger partial charge in [-0.1, -0.05) is 54.7 Å². The highest BCUT2D eigenvalue weighted by molar-refractivity contribution is 7.71. The molecule has 14 nitrogen and oxygen atoms in total. The topological polar surface area (TPSA) is 179 Å². The molecule has 2 heterocycles. The van der Waals surface area contributed by atoms with E-state index in [-0.39, 0.29) is 33.6 Å². The largest absolute Gasteiger partial charge is 0.497 e. The fourth-order valence-corrected chi connectivity index (χ4v) is 6.12. The molecule has 2 aromatic carbocycles. The van der Waals surface area contributed by atoms with Gasteiger partial charge in [0.25, 0.3) is 0 Å². The van der Waals surface area contributed by atoms with Crippen LogP contribution in [0.5, 0.6) is 5.75 Å². The summed E-state index contributed by atoms with van der Waals surface area (Å²) in [4.78, 5) is 63.6. The number of nitrogens with zero attached hydrogens (tertiary/aromatic N) is 2. The van der Waals surface area contributed by atoms with Gasteiger partial charge >= 0.3 is 29.8 Å². The summed E-state index contributed by atoms with van der Waals surface area (Å²) in [5, 5.41) is 10.7. The van der Waals surface area contributed by atoms with Crippen LogP contribution < -0.4 is 4.74 Å². The van der Waals surface area contributed by atoms with Crippen LogP contribution in [-0.4, -0.2) is 79.2 Å². The van der Waals surface area contributed by atoms with E-state index in [0.29, 0.717) is 16.9 Å². The van der Waals surface area contributed by atoms with Crippen LogP contribution in [0.2, 0.25) is 0 Å². The molecule has 51 heavy (non-hydrogen) atoms. The third-order valence-corrected chi connectivity index (χ3v) is 8.05. The van der Waals surface area contributed by atoms with Gasteiger partial charge in [0, 0.05) is 33.3 Å². The predicted octanol–water partition coefficient (Wildman–Crippen LogP) is 4.86. The molecule has 1 fully saturated rings. The minimum atomic E-state index is -1.60. The van der Waals surface area contributed by atoms with E-state index in [0.717, 1.165) is 27.7 Å². The van der Waals surface area contributed by atoms with Gasteiger partial charge < -0.3 is 33.2 Å². The van der Waals surface area contributed by atoms with Crippen molar-refractivity contribution in [2.75, 3.05) is 20.3 Å². The Labute approximate surface area is 298 Å². The average Bonchev–Trinajstić information content (AvgIpc) is 3.08. The van der Waals surface area contributed by atoms with Crippen molar-refractivity contribution in [3.8, 4) is 34.2 Å². The molecule has 0 N–H and O–H groups in total. The number of ether oxygens (including phenoxy) is 7. The molecule has 0 spiro atoms. The van der Waals surface area contributed by atoms with Gasteiger partial charge in [-0.2, -0.15) is 5.26 Å². The van der Waals surface area contributed by atoms with Crippen LogP contribution >= 0.6 is 12.2 Å². The number of benzene rings is 2. The number of methoxy groups -OCH3 is 1. The van der Waals surface area contributed by atoms with Gasteiger partial charge in [0.2, 0.25) is 0 Å².